The summed E-state index contributed by atoms with van der Waals surface area (Å²) in [5.74, 6) is 0.277. The third kappa shape index (κ3) is 5.20. The molecule has 1 atom stereocenters. The van der Waals surface area contributed by atoms with E-state index in [1.165, 1.54) is 18.4 Å². The first-order valence-electron chi connectivity index (χ1n) is 11.3. The number of carbonyl (C=O) groups is 2. The van der Waals surface area contributed by atoms with Crippen LogP contribution in [0.2, 0.25) is 0 Å². The van der Waals surface area contributed by atoms with E-state index in [9.17, 15) is 18.0 Å². The lowest BCUT2D eigenvalue weighted by molar-refractivity contribution is -0.135. The highest BCUT2D eigenvalue weighted by molar-refractivity contribution is 7.89. The third-order valence-corrected chi connectivity index (χ3v) is 7.29. The number of hydrogen-bond acceptors (Lipinski definition) is 7. The van der Waals surface area contributed by atoms with E-state index in [1.807, 2.05) is 0 Å². The minimum atomic E-state index is -4.00. The molecule has 0 spiro atoms. The van der Waals surface area contributed by atoms with Crippen LogP contribution >= 0.6 is 0 Å². The average Bonchev–Trinajstić information content (AvgIpc) is 3.27. The zero-order valence-corrected chi connectivity index (χ0v) is 20.0. The number of fused-ring (bicyclic) bond motifs is 1. The van der Waals surface area contributed by atoms with Gasteiger partial charge in [-0.3, -0.25) is 9.59 Å². The molecular weight excluding hydrogens is 462 g/mol. The van der Waals surface area contributed by atoms with Crippen molar-refractivity contribution in [3.05, 3.63) is 42.4 Å². The summed E-state index contributed by atoms with van der Waals surface area (Å²) in [6, 6.07) is 6.73. The van der Waals surface area contributed by atoms with Crippen LogP contribution in [0, 0.1) is 5.92 Å². The van der Waals surface area contributed by atoms with Crippen LogP contribution in [0.25, 0.3) is 0 Å². The van der Waals surface area contributed by atoms with Gasteiger partial charge in [-0.2, -0.15) is 4.72 Å². The van der Waals surface area contributed by atoms with Gasteiger partial charge in [-0.05, 0) is 30.2 Å². The van der Waals surface area contributed by atoms with Gasteiger partial charge in [-0.25, -0.2) is 8.42 Å². The van der Waals surface area contributed by atoms with Crippen molar-refractivity contribution < 1.29 is 31.9 Å². The zero-order valence-electron chi connectivity index (χ0n) is 19.2. The number of carbonyl (C=O) groups excluding carboxylic acids is 2. The van der Waals surface area contributed by atoms with E-state index in [0.29, 0.717) is 57.3 Å². The number of sulfonamides is 1. The summed E-state index contributed by atoms with van der Waals surface area (Å²) >= 11 is 0. The number of piperazine rings is 1. The Morgan fingerprint density at radius 3 is 2.29 bits per heavy atom. The average molecular weight is 492 g/mol. The van der Waals surface area contributed by atoms with Crippen molar-refractivity contribution >= 4 is 21.8 Å². The molecule has 2 aromatic rings. The summed E-state index contributed by atoms with van der Waals surface area (Å²) < 4.78 is 45.2. The summed E-state index contributed by atoms with van der Waals surface area (Å²) in [6.45, 7) is 5.80. The Kier molecular flexibility index (Phi) is 7.13. The van der Waals surface area contributed by atoms with Crippen LogP contribution in [0.1, 0.15) is 30.8 Å². The molecule has 0 radical (unpaired) electrons. The summed E-state index contributed by atoms with van der Waals surface area (Å²) in [7, 11) is -4.00. The molecule has 184 valence electrons. The van der Waals surface area contributed by atoms with Gasteiger partial charge in [0.05, 0.1) is 24.4 Å². The van der Waals surface area contributed by atoms with Gasteiger partial charge in [-0.15, -0.1) is 0 Å². The molecule has 1 unspecified atom stereocenters. The lowest BCUT2D eigenvalue weighted by Crippen LogP contribution is -2.57. The minimum Gasteiger partial charge on any atom is -0.490 e. The molecule has 1 fully saturated rings. The fraction of sp³-hybridized carbons (Fsp3) is 0.478. The van der Waals surface area contributed by atoms with Crippen molar-refractivity contribution in [2.24, 2.45) is 5.92 Å². The van der Waals surface area contributed by atoms with E-state index in [0.717, 1.165) is 0 Å². The summed E-state index contributed by atoms with van der Waals surface area (Å²) in [4.78, 5) is 28.9. The minimum absolute atomic E-state index is 0.00376. The van der Waals surface area contributed by atoms with Gasteiger partial charge in [0, 0.05) is 38.7 Å². The van der Waals surface area contributed by atoms with Crippen LogP contribution in [0.5, 0.6) is 11.5 Å². The number of rotatable bonds is 6. The molecule has 11 heteroatoms. The molecule has 3 heterocycles. The maximum atomic E-state index is 13.3. The molecule has 10 nitrogen and oxygen atoms in total. The van der Waals surface area contributed by atoms with Gasteiger partial charge in [0.1, 0.15) is 6.04 Å². The topological polar surface area (TPSA) is 118 Å². The molecule has 1 aromatic heterocycles. The molecule has 0 aliphatic carbocycles. The molecule has 1 N–H and O–H groups in total. The Morgan fingerprint density at radius 2 is 1.65 bits per heavy atom. The predicted molar refractivity (Wildman–Crippen MR) is 122 cm³/mol. The van der Waals surface area contributed by atoms with Crippen molar-refractivity contribution in [2.45, 2.75) is 31.2 Å². The Labute approximate surface area is 198 Å². The molecule has 4 rings (SSSR count). The highest BCUT2D eigenvalue weighted by Gasteiger charge is 2.34. The van der Waals surface area contributed by atoms with E-state index < -0.39 is 16.1 Å². The van der Waals surface area contributed by atoms with Crippen LogP contribution in [0.4, 0.5) is 0 Å². The highest BCUT2D eigenvalue weighted by atomic mass is 32.2. The molecule has 2 amide bonds. The predicted octanol–water partition coefficient (Wildman–Crippen LogP) is 1.73. The second-order valence-corrected chi connectivity index (χ2v) is 10.3. The third-order valence-electron chi connectivity index (χ3n) is 5.85. The number of nitrogens with one attached hydrogen (secondary N) is 1. The van der Waals surface area contributed by atoms with Crippen LogP contribution < -0.4 is 14.2 Å². The Morgan fingerprint density at radius 1 is 0.971 bits per heavy atom. The van der Waals surface area contributed by atoms with E-state index in [2.05, 4.69) is 4.72 Å². The maximum absolute atomic E-state index is 13.3. The Bertz CT molecular complexity index is 1120. The molecule has 0 saturated carbocycles. The quantitative estimate of drug-likeness (QED) is 0.654. The number of amides is 2. The van der Waals surface area contributed by atoms with Crippen molar-refractivity contribution in [1.82, 2.24) is 14.5 Å². The fourth-order valence-corrected chi connectivity index (χ4v) is 5.25. The van der Waals surface area contributed by atoms with E-state index in [4.69, 9.17) is 13.9 Å². The second kappa shape index (κ2) is 10.1. The molecule has 2 aliphatic rings. The lowest BCUT2D eigenvalue weighted by atomic mass is 10.0. The smallest absolute Gasteiger partial charge is 0.289 e. The van der Waals surface area contributed by atoms with E-state index in [-0.39, 0.29) is 28.4 Å². The van der Waals surface area contributed by atoms with Gasteiger partial charge in [0.25, 0.3) is 5.91 Å². The standard InChI is InChI=1S/C23H29N3O7S/c1-16(2)21(23(28)26-10-8-25(9-11-26)22(27)19-5-3-12-32-19)24-34(29,30)17-6-7-18-20(15-17)33-14-4-13-31-18/h3,5-7,12,15-16,21,24H,4,8-11,13-14H2,1-2H3. The summed E-state index contributed by atoms with van der Waals surface area (Å²) in [5, 5.41) is 0. The van der Waals surface area contributed by atoms with Crippen molar-refractivity contribution in [2.75, 3.05) is 39.4 Å². The number of furan rings is 1. The number of hydrogen-bond donors (Lipinski definition) is 1. The largest absolute Gasteiger partial charge is 0.490 e. The molecular formula is C23H29N3O7S. The van der Waals surface area contributed by atoms with Gasteiger partial charge in [0.15, 0.2) is 17.3 Å². The fourth-order valence-electron chi connectivity index (χ4n) is 3.90. The van der Waals surface area contributed by atoms with Crippen LogP contribution in [-0.4, -0.2) is 75.5 Å². The monoisotopic (exact) mass is 491 g/mol. The number of benzene rings is 1. The second-order valence-electron chi connectivity index (χ2n) is 8.60. The maximum Gasteiger partial charge on any atom is 0.289 e. The molecule has 34 heavy (non-hydrogen) atoms. The summed E-state index contributed by atoms with van der Waals surface area (Å²) in [6.07, 6.45) is 2.15. The van der Waals surface area contributed by atoms with E-state index >= 15 is 0 Å². The molecule has 1 saturated heterocycles. The highest BCUT2D eigenvalue weighted by Crippen LogP contribution is 2.32. The molecule has 2 aliphatic heterocycles. The SMILES string of the molecule is CC(C)C(NS(=O)(=O)c1ccc2c(c1)OCCCO2)C(=O)N1CCN(C(=O)c2ccco2)CC1. The van der Waals surface area contributed by atoms with Crippen molar-refractivity contribution in [1.29, 1.82) is 0 Å². The van der Waals surface area contributed by atoms with Gasteiger partial charge < -0.3 is 23.7 Å². The van der Waals surface area contributed by atoms with Gasteiger partial charge in [-0.1, -0.05) is 13.8 Å². The first-order chi connectivity index (χ1) is 16.3. The van der Waals surface area contributed by atoms with Crippen LogP contribution in [0.15, 0.2) is 45.9 Å². The van der Waals surface area contributed by atoms with E-state index in [1.54, 1.807) is 41.8 Å². The number of ether oxygens (including phenoxy) is 2. The first-order valence-corrected chi connectivity index (χ1v) is 12.8. The summed E-state index contributed by atoms with van der Waals surface area (Å²) in [5.41, 5.74) is 0. The normalized spacial score (nSPS) is 17.4. The van der Waals surface area contributed by atoms with Crippen molar-refractivity contribution in [3.8, 4) is 11.5 Å². The molecule has 1 aromatic carbocycles. The zero-order chi connectivity index (χ0) is 24.3. The van der Waals surface area contributed by atoms with Crippen molar-refractivity contribution in [3.63, 3.8) is 0 Å². The lowest BCUT2D eigenvalue weighted by Gasteiger charge is -2.37. The van der Waals surface area contributed by atoms with Gasteiger partial charge in [0.2, 0.25) is 15.9 Å². The molecule has 0 bridgehead atoms. The van der Waals surface area contributed by atoms with Crippen LogP contribution in [-0.2, 0) is 14.8 Å². The number of nitrogens with zero attached hydrogens (tertiary/aromatic N) is 2. The van der Waals surface area contributed by atoms with Crippen LogP contribution in [0.3, 0.4) is 0 Å². The first kappa shape index (κ1) is 24.1. The van der Waals surface area contributed by atoms with Gasteiger partial charge >= 0.3 is 0 Å². The Hall–Kier alpha value is -3.05. The Balaban J connectivity index is 1.43.